The summed E-state index contributed by atoms with van der Waals surface area (Å²) in [5.41, 5.74) is 5.74. The monoisotopic (exact) mass is 401 g/mol. The van der Waals surface area contributed by atoms with Gasteiger partial charge in [0.1, 0.15) is 17.6 Å². The summed E-state index contributed by atoms with van der Waals surface area (Å²) in [6, 6.07) is 10.9. The normalized spacial score (nSPS) is 10.8. The van der Waals surface area contributed by atoms with Crippen molar-refractivity contribution in [1.29, 1.82) is 5.26 Å². The maximum absolute atomic E-state index is 13.7. The van der Waals surface area contributed by atoms with Crippen LogP contribution < -0.4 is 10.6 Å². The van der Waals surface area contributed by atoms with E-state index in [1.54, 1.807) is 29.9 Å². The standard InChI is InChI=1S/C22H20FN7/c1-13-6-16(4-5-20(13)23)27-22-15(9-24)10-26-21-14(2)7-17(8-19(21)22)25-11-18-12-30(3)29-28-18/h4-8,10,12,25H,11H2,1-3H3,(H,26,27). The summed E-state index contributed by atoms with van der Waals surface area (Å²) in [6.45, 7) is 4.19. The first-order valence-electron chi connectivity index (χ1n) is 9.40. The predicted octanol–water partition coefficient (Wildman–Crippen LogP) is 4.35. The quantitative estimate of drug-likeness (QED) is 0.517. The molecular weight excluding hydrogens is 381 g/mol. The summed E-state index contributed by atoms with van der Waals surface area (Å²) in [5.74, 6) is -0.271. The van der Waals surface area contributed by atoms with Gasteiger partial charge in [-0.2, -0.15) is 5.26 Å². The molecule has 0 atom stereocenters. The predicted molar refractivity (Wildman–Crippen MR) is 114 cm³/mol. The van der Waals surface area contributed by atoms with Gasteiger partial charge in [0.25, 0.3) is 0 Å². The number of aromatic nitrogens is 4. The highest BCUT2D eigenvalue weighted by atomic mass is 19.1. The van der Waals surface area contributed by atoms with Crippen molar-refractivity contribution in [3.05, 3.63) is 70.9 Å². The molecule has 0 aliphatic carbocycles. The largest absolute Gasteiger partial charge is 0.379 e. The molecule has 2 aromatic heterocycles. The highest BCUT2D eigenvalue weighted by Gasteiger charge is 2.13. The Morgan fingerprint density at radius 1 is 1.13 bits per heavy atom. The van der Waals surface area contributed by atoms with Gasteiger partial charge in [-0.3, -0.25) is 9.67 Å². The van der Waals surface area contributed by atoms with Gasteiger partial charge in [-0.1, -0.05) is 5.21 Å². The molecule has 0 bridgehead atoms. The van der Waals surface area contributed by atoms with E-state index in [2.05, 4.69) is 32.0 Å². The third-order valence-electron chi connectivity index (χ3n) is 4.83. The van der Waals surface area contributed by atoms with Crippen molar-refractivity contribution in [2.24, 2.45) is 7.05 Å². The van der Waals surface area contributed by atoms with Gasteiger partial charge >= 0.3 is 0 Å². The van der Waals surface area contributed by atoms with Gasteiger partial charge in [0.05, 0.1) is 23.3 Å². The van der Waals surface area contributed by atoms with Crippen LogP contribution in [-0.4, -0.2) is 20.0 Å². The van der Waals surface area contributed by atoms with Crippen molar-refractivity contribution in [2.45, 2.75) is 20.4 Å². The molecule has 4 aromatic rings. The molecule has 2 N–H and O–H groups in total. The minimum atomic E-state index is -0.271. The number of pyridine rings is 1. The summed E-state index contributed by atoms with van der Waals surface area (Å²) in [6.07, 6.45) is 3.40. The van der Waals surface area contributed by atoms with Gasteiger partial charge in [0.2, 0.25) is 0 Å². The molecule has 4 rings (SSSR count). The average molecular weight is 401 g/mol. The summed E-state index contributed by atoms with van der Waals surface area (Å²) in [5, 5.41) is 25.1. The smallest absolute Gasteiger partial charge is 0.126 e. The summed E-state index contributed by atoms with van der Waals surface area (Å²) >= 11 is 0. The highest BCUT2D eigenvalue weighted by molar-refractivity contribution is 5.99. The lowest BCUT2D eigenvalue weighted by molar-refractivity contribution is 0.619. The van der Waals surface area contributed by atoms with Crippen LogP contribution in [0.25, 0.3) is 10.9 Å². The number of hydrogen-bond donors (Lipinski definition) is 2. The van der Waals surface area contributed by atoms with Crippen LogP contribution >= 0.6 is 0 Å². The first-order chi connectivity index (χ1) is 14.4. The summed E-state index contributed by atoms with van der Waals surface area (Å²) in [7, 11) is 1.82. The Bertz CT molecular complexity index is 1290. The Morgan fingerprint density at radius 3 is 2.63 bits per heavy atom. The number of nitriles is 1. The minimum absolute atomic E-state index is 0.271. The molecule has 0 spiro atoms. The third kappa shape index (κ3) is 3.78. The van der Waals surface area contributed by atoms with Crippen LogP contribution in [0.15, 0.2) is 42.7 Å². The van der Waals surface area contributed by atoms with Crippen LogP contribution in [0.1, 0.15) is 22.4 Å². The van der Waals surface area contributed by atoms with Gasteiger partial charge in [0.15, 0.2) is 0 Å². The van der Waals surface area contributed by atoms with Crippen molar-refractivity contribution in [3.63, 3.8) is 0 Å². The van der Waals surface area contributed by atoms with Crippen molar-refractivity contribution < 1.29 is 4.39 Å². The Morgan fingerprint density at radius 2 is 1.93 bits per heavy atom. The topological polar surface area (TPSA) is 91.5 Å². The van der Waals surface area contributed by atoms with Crippen LogP contribution in [0.4, 0.5) is 21.5 Å². The Balaban J connectivity index is 1.75. The SMILES string of the molecule is Cc1cc(Nc2c(C#N)cnc3c(C)cc(NCc4cn(C)nn4)cc23)ccc1F. The molecule has 0 unspecified atom stereocenters. The van der Waals surface area contributed by atoms with E-state index in [0.29, 0.717) is 29.0 Å². The van der Waals surface area contributed by atoms with Gasteiger partial charge in [-0.15, -0.1) is 5.10 Å². The summed E-state index contributed by atoms with van der Waals surface area (Å²) < 4.78 is 15.3. The fourth-order valence-electron chi connectivity index (χ4n) is 3.34. The van der Waals surface area contributed by atoms with Crippen LogP contribution in [0, 0.1) is 31.0 Å². The third-order valence-corrected chi connectivity index (χ3v) is 4.83. The van der Waals surface area contributed by atoms with Crippen LogP contribution in [0.2, 0.25) is 0 Å². The second kappa shape index (κ2) is 7.79. The van der Waals surface area contributed by atoms with Crippen molar-refractivity contribution in [1.82, 2.24) is 20.0 Å². The molecule has 7 nitrogen and oxygen atoms in total. The number of nitrogens with one attached hydrogen (secondary N) is 2. The molecule has 2 aromatic carbocycles. The molecule has 0 saturated carbocycles. The second-order valence-electron chi connectivity index (χ2n) is 7.17. The Kier molecular flexibility index (Phi) is 5.02. The van der Waals surface area contributed by atoms with E-state index in [0.717, 1.165) is 27.8 Å². The number of rotatable bonds is 5. The lowest BCUT2D eigenvalue weighted by atomic mass is 10.0. The minimum Gasteiger partial charge on any atom is -0.379 e. The molecular formula is C22H20FN7. The first kappa shape index (κ1) is 19.3. The van der Waals surface area contributed by atoms with Crippen molar-refractivity contribution in [2.75, 3.05) is 10.6 Å². The number of nitrogens with zero attached hydrogens (tertiary/aromatic N) is 5. The lowest BCUT2D eigenvalue weighted by Crippen LogP contribution is -2.02. The van der Waals surface area contributed by atoms with Gasteiger partial charge in [-0.25, -0.2) is 4.39 Å². The zero-order valence-electron chi connectivity index (χ0n) is 16.9. The molecule has 0 aliphatic heterocycles. The molecule has 0 amide bonds. The molecule has 0 fully saturated rings. The van der Waals surface area contributed by atoms with Crippen molar-refractivity contribution in [3.8, 4) is 6.07 Å². The highest BCUT2D eigenvalue weighted by Crippen LogP contribution is 2.33. The van der Waals surface area contributed by atoms with E-state index in [1.165, 1.54) is 6.07 Å². The van der Waals surface area contributed by atoms with E-state index in [4.69, 9.17) is 0 Å². The molecule has 2 heterocycles. The second-order valence-corrected chi connectivity index (χ2v) is 7.17. The first-order valence-corrected chi connectivity index (χ1v) is 9.40. The molecule has 0 radical (unpaired) electrons. The Labute approximate surface area is 173 Å². The van der Waals surface area contributed by atoms with E-state index < -0.39 is 0 Å². The van der Waals surface area contributed by atoms with Gasteiger partial charge in [-0.05, 0) is 55.3 Å². The molecule has 8 heteroatoms. The Hall–Kier alpha value is -3.99. The molecule has 0 aliphatic rings. The van der Waals surface area contributed by atoms with E-state index in [1.807, 2.05) is 32.3 Å². The molecule has 30 heavy (non-hydrogen) atoms. The zero-order chi connectivity index (χ0) is 21.3. The molecule has 150 valence electrons. The maximum atomic E-state index is 13.7. The van der Waals surface area contributed by atoms with E-state index >= 15 is 0 Å². The molecule has 0 saturated heterocycles. The number of hydrogen-bond acceptors (Lipinski definition) is 6. The fraction of sp³-hybridized carbons (Fsp3) is 0.182. The van der Waals surface area contributed by atoms with E-state index in [9.17, 15) is 9.65 Å². The number of aryl methyl sites for hydroxylation is 3. The van der Waals surface area contributed by atoms with E-state index in [-0.39, 0.29) is 5.82 Å². The van der Waals surface area contributed by atoms with Crippen LogP contribution in [-0.2, 0) is 13.6 Å². The fourth-order valence-corrected chi connectivity index (χ4v) is 3.34. The van der Waals surface area contributed by atoms with Crippen molar-refractivity contribution >= 4 is 28.0 Å². The van der Waals surface area contributed by atoms with Gasteiger partial charge in [0, 0.05) is 36.2 Å². The lowest BCUT2D eigenvalue weighted by Gasteiger charge is -2.15. The maximum Gasteiger partial charge on any atom is 0.126 e. The number of halogens is 1. The summed E-state index contributed by atoms with van der Waals surface area (Å²) in [4.78, 5) is 4.47. The van der Waals surface area contributed by atoms with Crippen LogP contribution in [0.3, 0.4) is 0 Å². The number of fused-ring (bicyclic) bond motifs is 1. The number of benzene rings is 2. The van der Waals surface area contributed by atoms with Gasteiger partial charge < -0.3 is 10.6 Å². The zero-order valence-corrected chi connectivity index (χ0v) is 16.9. The number of anilines is 3. The average Bonchev–Trinajstić information content (AvgIpc) is 3.15. The van der Waals surface area contributed by atoms with Crippen LogP contribution in [0.5, 0.6) is 0 Å².